The summed E-state index contributed by atoms with van der Waals surface area (Å²) in [5, 5.41) is 0.861. The minimum Gasteiger partial charge on any atom is -0.446 e. The van der Waals surface area contributed by atoms with E-state index in [1.807, 2.05) is 36.4 Å². The quantitative estimate of drug-likeness (QED) is 0.655. The van der Waals surface area contributed by atoms with Gasteiger partial charge in [-0.15, -0.1) is 0 Å². The molecule has 0 atom stereocenters. The molecule has 0 aliphatic heterocycles. The number of furan rings is 1. The maximum Gasteiger partial charge on any atom is 0.325 e. The van der Waals surface area contributed by atoms with Crippen molar-refractivity contribution in [2.24, 2.45) is 0 Å². The third-order valence-corrected chi connectivity index (χ3v) is 2.14. The summed E-state index contributed by atoms with van der Waals surface area (Å²) in [6.45, 7) is 0. The first kappa shape index (κ1) is 8.91. The molecule has 0 N–H and O–H groups in total. The predicted octanol–water partition coefficient (Wildman–Crippen LogP) is 3.02. The molecule has 0 saturated heterocycles. The molecule has 0 spiro atoms. The van der Waals surface area contributed by atoms with E-state index in [0.717, 1.165) is 5.39 Å². The molecular weight excluding hydrogens is 204 g/mol. The molecule has 0 fully saturated rings. The van der Waals surface area contributed by atoms with Crippen LogP contribution in [0, 0.1) is 0 Å². The van der Waals surface area contributed by atoms with Gasteiger partial charge in [0.1, 0.15) is 5.75 Å². The Kier molecular flexibility index (Phi) is 2.04. The molecule has 0 radical (unpaired) electrons. The van der Waals surface area contributed by atoms with Crippen molar-refractivity contribution in [2.75, 3.05) is 0 Å². The zero-order valence-corrected chi connectivity index (χ0v) is 8.33. The van der Waals surface area contributed by atoms with Crippen LogP contribution >= 0.6 is 0 Å². The van der Waals surface area contributed by atoms with Crippen molar-refractivity contribution < 1.29 is 9.15 Å². The third kappa shape index (κ3) is 1.61. The minimum absolute atomic E-state index is 0.286. The zero-order valence-electron chi connectivity index (χ0n) is 8.33. The van der Waals surface area contributed by atoms with E-state index in [-0.39, 0.29) is 6.01 Å². The van der Waals surface area contributed by atoms with E-state index in [0.29, 0.717) is 11.5 Å². The zero-order chi connectivity index (χ0) is 10.8. The van der Waals surface area contributed by atoms with Crippen molar-refractivity contribution in [3.05, 3.63) is 48.9 Å². The SMILES string of the molecule is c1ccc(Oc2ncc3ccoc3n2)cc1. The van der Waals surface area contributed by atoms with Crippen molar-refractivity contribution in [2.45, 2.75) is 0 Å². The molecule has 0 aliphatic carbocycles. The van der Waals surface area contributed by atoms with Gasteiger partial charge < -0.3 is 9.15 Å². The number of rotatable bonds is 2. The van der Waals surface area contributed by atoms with E-state index in [4.69, 9.17) is 9.15 Å². The second kappa shape index (κ2) is 3.66. The highest BCUT2D eigenvalue weighted by Crippen LogP contribution is 2.19. The summed E-state index contributed by atoms with van der Waals surface area (Å²) >= 11 is 0. The predicted molar refractivity (Wildman–Crippen MR) is 58.3 cm³/mol. The van der Waals surface area contributed by atoms with Crippen LogP contribution in [0.3, 0.4) is 0 Å². The number of nitrogens with zero attached hydrogens (tertiary/aromatic N) is 2. The molecule has 4 heteroatoms. The van der Waals surface area contributed by atoms with Gasteiger partial charge in [0.2, 0.25) is 5.71 Å². The fourth-order valence-corrected chi connectivity index (χ4v) is 1.38. The van der Waals surface area contributed by atoms with Crippen molar-refractivity contribution in [3.8, 4) is 11.8 Å². The lowest BCUT2D eigenvalue weighted by Crippen LogP contribution is -1.90. The van der Waals surface area contributed by atoms with Crippen LogP contribution in [0.2, 0.25) is 0 Å². The van der Waals surface area contributed by atoms with Crippen LogP contribution in [-0.2, 0) is 0 Å². The maximum atomic E-state index is 5.47. The molecule has 3 aromatic rings. The summed E-state index contributed by atoms with van der Waals surface area (Å²) in [4.78, 5) is 8.21. The fraction of sp³-hybridized carbons (Fsp3) is 0. The number of fused-ring (bicyclic) bond motifs is 1. The molecule has 3 rings (SSSR count). The average Bonchev–Trinajstić information content (AvgIpc) is 2.77. The Morgan fingerprint density at radius 1 is 1.06 bits per heavy atom. The van der Waals surface area contributed by atoms with Crippen LogP contribution in [0.15, 0.2) is 53.3 Å². The smallest absolute Gasteiger partial charge is 0.325 e. The summed E-state index contributed by atoms with van der Waals surface area (Å²) in [5.74, 6) is 0.702. The van der Waals surface area contributed by atoms with Gasteiger partial charge >= 0.3 is 6.01 Å². The first-order valence-electron chi connectivity index (χ1n) is 4.85. The third-order valence-electron chi connectivity index (χ3n) is 2.14. The first-order valence-corrected chi connectivity index (χ1v) is 4.85. The molecule has 2 heterocycles. The van der Waals surface area contributed by atoms with E-state index >= 15 is 0 Å². The molecular formula is C12H8N2O2. The minimum atomic E-state index is 0.286. The number of hydrogen-bond donors (Lipinski definition) is 0. The summed E-state index contributed by atoms with van der Waals surface area (Å²) in [7, 11) is 0. The molecule has 2 aromatic heterocycles. The lowest BCUT2D eigenvalue weighted by Gasteiger charge is -2.01. The summed E-state index contributed by atoms with van der Waals surface area (Å²) in [6.07, 6.45) is 3.25. The van der Waals surface area contributed by atoms with Crippen molar-refractivity contribution in [1.82, 2.24) is 9.97 Å². The Bertz CT molecular complexity index is 604. The molecule has 16 heavy (non-hydrogen) atoms. The van der Waals surface area contributed by atoms with Gasteiger partial charge in [0.15, 0.2) is 0 Å². The van der Waals surface area contributed by atoms with Crippen molar-refractivity contribution in [1.29, 1.82) is 0 Å². The Hall–Kier alpha value is -2.36. The van der Waals surface area contributed by atoms with E-state index in [1.54, 1.807) is 12.5 Å². The maximum absolute atomic E-state index is 5.47. The van der Waals surface area contributed by atoms with Crippen LogP contribution in [0.1, 0.15) is 0 Å². The van der Waals surface area contributed by atoms with Gasteiger partial charge in [0, 0.05) is 6.20 Å². The highest BCUT2D eigenvalue weighted by atomic mass is 16.5. The highest BCUT2D eigenvalue weighted by Gasteiger charge is 2.03. The summed E-state index contributed by atoms with van der Waals surface area (Å²) < 4.78 is 10.6. The van der Waals surface area contributed by atoms with Crippen molar-refractivity contribution in [3.63, 3.8) is 0 Å². The van der Waals surface area contributed by atoms with Crippen LogP contribution in [0.4, 0.5) is 0 Å². The molecule has 0 saturated carbocycles. The van der Waals surface area contributed by atoms with Crippen LogP contribution in [-0.4, -0.2) is 9.97 Å². The Morgan fingerprint density at radius 2 is 1.94 bits per heavy atom. The fourth-order valence-electron chi connectivity index (χ4n) is 1.38. The first-order chi connectivity index (χ1) is 7.92. The van der Waals surface area contributed by atoms with Gasteiger partial charge in [-0.05, 0) is 18.2 Å². The van der Waals surface area contributed by atoms with Crippen LogP contribution in [0.5, 0.6) is 11.8 Å². The molecule has 78 valence electrons. The van der Waals surface area contributed by atoms with E-state index in [9.17, 15) is 0 Å². The molecule has 1 aromatic carbocycles. The second-order valence-electron chi connectivity index (χ2n) is 3.25. The second-order valence-corrected chi connectivity index (χ2v) is 3.25. The van der Waals surface area contributed by atoms with E-state index < -0.39 is 0 Å². The number of ether oxygens (including phenoxy) is 1. The Labute approximate surface area is 91.5 Å². The molecule has 0 aliphatic rings. The summed E-state index contributed by atoms with van der Waals surface area (Å²) in [5.41, 5.74) is 0.529. The molecule has 4 nitrogen and oxygen atoms in total. The van der Waals surface area contributed by atoms with Gasteiger partial charge in [-0.2, -0.15) is 4.98 Å². The molecule has 0 bridgehead atoms. The molecule has 0 unspecified atom stereocenters. The summed E-state index contributed by atoms with van der Waals surface area (Å²) in [6, 6.07) is 11.5. The van der Waals surface area contributed by atoms with Gasteiger partial charge in [0.25, 0.3) is 0 Å². The van der Waals surface area contributed by atoms with E-state index in [2.05, 4.69) is 9.97 Å². The van der Waals surface area contributed by atoms with Gasteiger partial charge in [-0.25, -0.2) is 4.98 Å². The lowest BCUT2D eigenvalue weighted by molar-refractivity contribution is 0.440. The van der Waals surface area contributed by atoms with Gasteiger partial charge in [0.05, 0.1) is 11.6 Å². The van der Waals surface area contributed by atoms with E-state index in [1.165, 1.54) is 0 Å². The number of hydrogen-bond acceptors (Lipinski definition) is 4. The lowest BCUT2D eigenvalue weighted by atomic mass is 10.3. The largest absolute Gasteiger partial charge is 0.446 e. The van der Waals surface area contributed by atoms with Gasteiger partial charge in [-0.1, -0.05) is 18.2 Å². The van der Waals surface area contributed by atoms with Crippen LogP contribution < -0.4 is 4.74 Å². The standard InChI is InChI=1S/C12H8N2O2/c1-2-4-10(5-3-1)16-12-13-8-9-6-7-15-11(9)14-12/h1-8H. The number of aromatic nitrogens is 2. The Morgan fingerprint density at radius 3 is 2.81 bits per heavy atom. The monoisotopic (exact) mass is 212 g/mol. The van der Waals surface area contributed by atoms with Crippen LogP contribution in [0.25, 0.3) is 11.1 Å². The van der Waals surface area contributed by atoms with Crippen molar-refractivity contribution >= 4 is 11.1 Å². The number of para-hydroxylation sites is 1. The molecule has 0 amide bonds. The average molecular weight is 212 g/mol. The van der Waals surface area contributed by atoms with Gasteiger partial charge in [-0.3, -0.25) is 0 Å². The highest BCUT2D eigenvalue weighted by molar-refractivity contribution is 5.71. The topological polar surface area (TPSA) is 48.2 Å². The Balaban J connectivity index is 1.94. The normalized spacial score (nSPS) is 10.5. The number of benzene rings is 1.